The van der Waals surface area contributed by atoms with Gasteiger partial charge in [-0.05, 0) is 56.2 Å². The maximum Gasteiger partial charge on any atom is 0.349 e. The molecule has 1 aromatic heterocycles. The second kappa shape index (κ2) is 9.40. The minimum atomic E-state index is -0.651. The van der Waals surface area contributed by atoms with E-state index < -0.39 is 5.97 Å². The van der Waals surface area contributed by atoms with Gasteiger partial charge in [0, 0.05) is 23.5 Å². The Labute approximate surface area is 164 Å². The van der Waals surface area contributed by atoms with Crippen molar-refractivity contribution >= 4 is 23.6 Å². The van der Waals surface area contributed by atoms with Crippen LogP contribution in [0.1, 0.15) is 35.5 Å². The lowest BCUT2D eigenvalue weighted by Gasteiger charge is -2.17. The average molecular weight is 387 g/mol. The van der Waals surface area contributed by atoms with E-state index in [1.54, 1.807) is 37.5 Å². The first-order valence-corrected chi connectivity index (χ1v) is 8.96. The van der Waals surface area contributed by atoms with Crippen molar-refractivity contribution in [2.45, 2.75) is 33.4 Å². The number of nitrogens with zero attached hydrogens (tertiary/aromatic N) is 2. The van der Waals surface area contributed by atoms with Crippen molar-refractivity contribution in [2.75, 3.05) is 13.7 Å². The first-order chi connectivity index (χ1) is 12.9. The average Bonchev–Trinajstić information content (AvgIpc) is 2.92. The number of hydrogen-bond donors (Lipinski definition) is 0. The molecule has 0 aliphatic carbocycles. The van der Waals surface area contributed by atoms with Crippen LogP contribution >= 0.6 is 11.6 Å². The summed E-state index contributed by atoms with van der Waals surface area (Å²) in [5.41, 5.74) is 3.58. The Morgan fingerprint density at radius 1 is 1.33 bits per heavy atom. The Morgan fingerprint density at radius 2 is 2.00 bits per heavy atom. The lowest BCUT2D eigenvalue weighted by Crippen LogP contribution is -2.13. The van der Waals surface area contributed by atoms with Crippen molar-refractivity contribution in [2.24, 2.45) is 0 Å². The molecular weight excluding hydrogens is 364 g/mol. The molecule has 2 rings (SSSR count). The molecule has 0 radical (unpaired) electrons. The van der Waals surface area contributed by atoms with E-state index in [2.05, 4.69) is 11.5 Å². The number of esters is 1. The van der Waals surface area contributed by atoms with Gasteiger partial charge in [0.2, 0.25) is 0 Å². The molecule has 0 unspecified atom stereocenters. The molecule has 2 aromatic rings. The van der Waals surface area contributed by atoms with E-state index in [0.717, 1.165) is 22.5 Å². The van der Waals surface area contributed by atoms with Crippen molar-refractivity contribution in [3.05, 3.63) is 63.4 Å². The predicted octanol–water partition coefficient (Wildman–Crippen LogP) is 4.62. The highest BCUT2D eigenvalue weighted by Gasteiger charge is 2.16. The number of carbonyl (C=O) groups excluding carboxylic acids is 1. The largest absolute Gasteiger partial charge is 0.457 e. The van der Waals surface area contributed by atoms with Crippen LogP contribution in [0, 0.1) is 25.2 Å². The van der Waals surface area contributed by atoms with Crippen LogP contribution in [0.4, 0.5) is 0 Å². The molecule has 0 aliphatic rings. The number of halogens is 1. The summed E-state index contributed by atoms with van der Waals surface area (Å²) >= 11 is 5.84. The molecule has 6 heteroatoms. The van der Waals surface area contributed by atoms with Gasteiger partial charge in [-0.15, -0.1) is 0 Å². The first kappa shape index (κ1) is 20.8. The van der Waals surface area contributed by atoms with E-state index in [4.69, 9.17) is 21.1 Å². The van der Waals surface area contributed by atoms with E-state index in [-0.39, 0.29) is 18.2 Å². The lowest BCUT2D eigenvalue weighted by atomic mass is 10.1. The molecule has 1 heterocycles. The molecule has 0 fully saturated rings. The fourth-order valence-electron chi connectivity index (χ4n) is 3.04. The van der Waals surface area contributed by atoms with Crippen LogP contribution in [-0.4, -0.2) is 24.3 Å². The van der Waals surface area contributed by atoms with Gasteiger partial charge in [-0.1, -0.05) is 23.7 Å². The topological polar surface area (TPSA) is 64.2 Å². The third-order valence-electron chi connectivity index (χ3n) is 4.30. The summed E-state index contributed by atoms with van der Waals surface area (Å²) in [6.07, 6.45) is 1.57. The molecular formula is C21H23ClN2O3. The number of aryl methyl sites for hydroxylation is 1. The van der Waals surface area contributed by atoms with E-state index in [9.17, 15) is 10.1 Å². The number of benzene rings is 1. The van der Waals surface area contributed by atoms with Gasteiger partial charge in [0.05, 0.1) is 12.6 Å². The van der Waals surface area contributed by atoms with Crippen molar-refractivity contribution in [1.29, 1.82) is 5.26 Å². The van der Waals surface area contributed by atoms with E-state index >= 15 is 0 Å². The van der Waals surface area contributed by atoms with Crippen LogP contribution in [0.2, 0.25) is 5.02 Å². The molecule has 142 valence electrons. The third-order valence-corrected chi connectivity index (χ3v) is 4.55. The van der Waals surface area contributed by atoms with Crippen molar-refractivity contribution in [3.8, 4) is 6.07 Å². The predicted molar refractivity (Wildman–Crippen MR) is 105 cm³/mol. The van der Waals surface area contributed by atoms with E-state index in [0.29, 0.717) is 11.6 Å². The minimum Gasteiger partial charge on any atom is -0.457 e. The van der Waals surface area contributed by atoms with Crippen LogP contribution in [-0.2, 0) is 20.9 Å². The Kier molecular flexibility index (Phi) is 7.23. The molecule has 0 spiro atoms. The summed E-state index contributed by atoms with van der Waals surface area (Å²) in [5, 5.41) is 10.0. The molecule has 0 bridgehead atoms. The molecule has 0 N–H and O–H groups in total. The lowest BCUT2D eigenvalue weighted by molar-refractivity contribution is -0.139. The highest BCUT2D eigenvalue weighted by Crippen LogP contribution is 2.23. The van der Waals surface area contributed by atoms with Gasteiger partial charge >= 0.3 is 5.97 Å². The summed E-state index contributed by atoms with van der Waals surface area (Å²) in [4.78, 5) is 12.3. The highest BCUT2D eigenvalue weighted by molar-refractivity contribution is 6.30. The molecule has 0 saturated heterocycles. The van der Waals surface area contributed by atoms with Gasteiger partial charge in [-0.2, -0.15) is 5.26 Å². The molecule has 0 aliphatic heterocycles. The van der Waals surface area contributed by atoms with Crippen molar-refractivity contribution in [3.63, 3.8) is 0 Å². The molecule has 0 saturated carbocycles. The number of carbonyl (C=O) groups is 1. The zero-order valence-corrected chi connectivity index (χ0v) is 16.7. The smallest absolute Gasteiger partial charge is 0.349 e. The van der Waals surface area contributed by atoms with Crippen molar-refractivity contribution in [1.82, 2.24) is 4.57 Å². The van der Waals surface area contributed by atoms with Crippen LogP contribution in [0.5, 0.6) is 0 Å². The van der Waals surface area contributed by atoms with E-state index in [1.807, 2.05) is 26.0 Å². The quantitative estimate of drug-likeness (QED) is 0.396. The standard InChI is InChI=1S/C21H23ClN2O3/c1-14-9-18(16(3)24(14)15(2)12-26-4)10-19(11-23)21(25)27-13-17-5-7-20(22)8-6-17/h5-10,15H,12-13H2,1-4H3/b19-10+/t15-/m0/s1. The summed E-state index contributed by atoms with van der Waals surface area (Å²) in [6, 6.07) is 11.0. The second-order valence-electron chi connectivity index (χ2n) is 6.37. The molecule has 1 aromatic carbocycles. The van der Waals surface area contributed by atoms with E-state index in [1.165, 1.54) is 0 Å². The van der Waals surface area contributed by atoms with Gasteiger partial charge in [0.25, 0.3) is 0 Å². The zero-order valence-electron chi connectivity index (χ0n) is 16.0. The van der Waals surface area contributed by atoms with Crippen molar-refractivity contribution < 1.29 is 14.3 Å². The zero-order chi connectivity index (χ0) is 20.0. The molecule has 1 atom stereocenters. The normalized spacial score (nSPS) is 12.5. The number of ether oxygens (including phenoxy) is 2. The van der Waals surface area contributed by atoms with Gasteiger partial charge in [-0.25, -0.2) is 4.79 Å². The Bertz CT molecular complexity index is 876. The SMILES string of the molecule is COC[C@H](C)n1c(C)cc(/C=C(\C#N)C(=O)OCc2ccc(Cl)cc2)c1C. The molecule has 0 amide bonds. The monoisotopic (exact) mass is 386 g/mol. The van der Waals surface area contributed by atoms with Crippen LogP contribution in [0.25, 0.3) is 6.08 Å². The molecule has 27 heavy (non-hydrogen) atoms. The fraction of sp³-hybridized carbons (Fsp3) is 0.333. The minimum absolute atomic E-state index is 0.0383. The summed E-state index contributed by atoms with van der Waals surface area (Å²) in [5.74, 6) is -0.651. The maximum absolute atomic E-state index is 12.3. The van der Waals surface area contributed by atoms with Crippen LogP contribution in [0.3, 0.4) is 0 Å². The first-order valence-electron chi connectivity index (χ1n) is 8.58. The fourth-order valence-corrected chi connectivity index (χ4v) is 3.17. The Morgan fingerprint density at radius 3 is 2.59 bits per heavy atom. The summed E-state index contributed by atoms with van der Waals surface area (Å²) < 4.78 is 12.6. The van der Waals surface area contributed by atoms with Crippen LogP contribution < -0.4 is 0 Å². The number of hydrogen-bond acceptors (Lipinski definition) is 4. The number of rotatable bonds is 7. The Hall–Kier alpha value is -2.55. The van der Waals surface area contributed by atoms with Crippen LogP contribution in [0.15, 0.2) is 35.9 Å². The van der Waals surface area contributed by atoms with Gasteiger partial charge in [0.1, 0.15) is 18.2 Å². The Balaban J connectivity index is 2.17. The number of methoxy groups -OCH3 is 1. The van der Waals surface area contributed by atoms with Gasteiger partial charge < -0.3 is 14.0 Å². The summed E-state index contributed by atoms with van der Waals surface area (Å²) in [6.45, 7) is 6.66. The molecule has 5 nitrogen and oxygen atoms in total. The maximum atomic E-state index is 12.3. The van der Waals surface area contributed by atoms with Gasteiger partial charge in [0.15, 0.2) is 0 Å². The number of nitriles is 1. The van der Waals surface area contributed by atoms with Gasteiger partial charge in [-0.3, -0.25) is 0 Å². The summed E-state index contributed by atoms with van der Waals surface area (Å²) in [7, 11) is 1.66. The second-order valence-corrected chi connectivity index (χ2v) is 6.81. The highest BCUT2D eigenvalue weighted by atomic mass is 35.5. The number of aromatic nitrogens is 1. The third kappa shape index (κ3) is 5.22.